The molecule has 9 nitrogen and oxygen atoms in total. The highest BCUT2D eigenvalue weighted by atomic mass is 16.6. The standard InChI is InChI=1S/C21H19N5O4/c1-11(2)30-21(29)24-10-13-8-16(24)18-19(27)26(20(28)25(13)18)15-6-5-12(9-22)17-14(15)4-3-7-23-17/h3-7,11,13,16,18H,8,10H2,1-2H3/t13-,16?,18?/m1/s1. The van der Waals surface area contributed by atoms with Gasteiger partial charge < -0.3 is 14.5 Å². The average molecular weight is 405 g/mol. The maximum atomic E-state index is 13.4. The van der Waals surface area contributed by atoms with Crippen LogP contribution in [0.3, 0.4) is 0 Å². The molecule has 2 unspecified atom stereocenters. The number of carbonyl (C=O) groups is 3. The molecule has 3 atom stereocenters. The van der Waals surface area contributed by atoms with E-state index in [1.54, 1.807) is 54.1 Å². The summed E-state index contributed by atoms with van der Waals surface area (Å²) in [4.78, 5) is 47.7. The summed E-state index contributed by atoms with van der Waals surface area (Å²) >= 11 is 0. The molecular formula is C21H19N5O4. The van der Waals surface area contributed by atoms with Crippen LogP contribution in [0.25, 0.3) is 10.9 Å². The van der Waals surface area contributed by atoms with Crippen molar-refractivity contribution < 1.29 is 19.1 Å². The Labute approximate surface area is 172 Å². The predicted molar refractivity (Wildman–Crippen MR) is 105 cm³/mol. The zero-order chi connectivity index (χ0) is 21.2. The van der Waals surface area contributed by atoms with Crippen LogP contribution in [-0.4, -0.2) is 63.6 Å². The van der Waals surface area contributed by atoms with Gasteiger partial charge in [-0.05, 0) is 44.5 Å². The SMILES string of the molecule is CC(C)OC(=O)N1C[C@H]2CC1C1C(=O)N(c3ccc(C#N)c4ncccc34)C(=O)N12. The van der Waals surface area contributed by atoms with Crippen LogP contribution in [0.2, 0.25) is 0 Å². The molecule has 0 saturated carbocycles. The van der Waals surface area contributed by atoms with Gasteiger partial charge in [0.05, 0.1) is 35.0 Å². The molecule has 30 heavy (non-hydrogen) atoms. The van der Waals surface area contributed by atoms with E-state index in [2.05, 4.69) is 11.1 Å². The number of rotatable bonds is 2. The number of anilines is 1. The van der Waals surface area contributed by atoms with E-state index in [1.165, 1.54) is 0 Å². The lowest BCUT2D eigenvalue weighted by Crippen LogP contribution is -2.55. The molecule has 2 aromatic rings. The van der Waals surface area contributed by atoms with Crippen LogP contribution in [-0.2, 0) is 9.53 Å². The van der Waals surface area contributed by atoms with Gasteiger partial charge in [-0.2, -0.15) is 5.26 Å². The summed E-state index contributed by atoms with van der Waals surface area (Å²) in [6.45, 7) is 3.90. The first-order chi connectivity index (χ1) is 14.4. The van der Waals surface area contributed by atoms with Crippen molar-refractivity contribution in [2.75, 3.05) is 11.4 Å². The van der Waals surface area contributed by atoms with Crippen molar-refractivity contribution in [3.63, 3.8) is 0 Å². The van der Waals surface area contributed by atoms with Crippen LogP contribution >= 0.6 is 0 Å². The number of hydrogen-bond acceptors (Lipinski definition) is 6. The van der Waals surface area contributed by atoms with E-state index in [0.29, 0.717) is 35.1 Å². The molecule has 2 bridgehead atoms. The number of aromatic nitrogens is 1. The number of piperazine rings is 1. The maximum absolute atomic E-state index is 13.4. The van der Waals surface area contributed by atoms with E-state index in [1.807, 2.05) is 0 Å². The second kappa shape index (κ2) is 6.42. The van der Waals surface area contributed by atoms with Crippen molar-refractivity contribution >= 4 is 34.6 Å². The van der Waals surface area contributed by atoms with Gasteiger partial charge in [-0.3, -0.25) is 9.78 Å². The van der Waals surface area contributed by atoms with E-state index < -0.39 is 24.2 Å². The third-order valence-corrected chi connectivity index (χ3v) is 5.94. The summed E-state index contributed by atoms with van der Waals surface area (Å²) in [5, 5.41) is 9.91. The highest BCUT2D eigenvalue weighted by Crippen LogP contribution is 2.43. The highest BCUT2D eigenvalue weighted by molar-refractivity contribution is 6.25. The van der Waals surface area contributed by atoms with E-state index in [-0.39, 0.29) is 18.1 Å². The van der Waals surface area contributed by atoms with Crippen LogP contribution in [0, 0.1) is 11.3 Å². The zero-order valence-electron chi connectivity index (χ0n) is 16.5. The monoisotopic (exact) mass is 405 g/mol. The molecule has 3 saturated heterocycles. The number of benzene rings is 1. The highest BCUT2D eigenvalue weighted by Gasteiger charge is 2.63. The van der Waals surface area contributed by atoms with E-state index in [4.69, 9.17) is 4.74 Å². The molecule has 1 aromatic carbocycles. The fourth-order valence-electron chi connectivity index (χ4n) is 4.80. The molecule has 1 aromatic heterocycles. The van der Waals surface area contributed by atoms with Crippen molar-refractivity contribution in [2.45, 2.75) is 44.5 Å². The fraction of sp³-hybridized carbons (Fsp3) is 0.381. The molecule has 5 rings (SSSR count). The second-order valence-corrected chi connectivity index (χ2v) is 7.99. The van der Waals surface area contributed by atoms with Gasteiger partial charge in [0.25, 0.3) is 5.91 Å². The number of carbonyl (C=O) groups excluding carboxylic acids is 3. The largest absolute Gasteiger partial charge is 0.447 e. The zero-order valence-corrected chi connectivity index (χ0v) is 16.5. The number of pyridine rings is 1. The fourth-order valence-corrected chi connectivity index (χ4v) is 4.80. The number of likely N-dealkylation sites (tertiary alicyclic amines) is 1. The predicted octanol–water partition coefficient (Wildman–Crippen LogP) is 2.25. The van der Waals surface area contributed by atoms with Gasteiger partial charge in [-0.1, -0.05) is 0 Å². The number of nitriles is 1. The molecular weight excluding hydrogens is 386 g/mol. The number of nitrogens with zero attached hydrogens (tertiary/aromatic N) is 5. The summed E-state index contributed by atoms with van der Waals surface area (Å²) in [5.74, 6) is -0.371. The first kappa shape index (κ1) is 18.4. The minimum absolute atomic E-state index is 0.219. The maximum Gasteiger partial charge on any atom is 0.410 e. The van der Waals surface area contributed by atoms with Crippen molar-refractivity contribution in [3.8, 4) is 6.07 Å². The lowest BCUT2D eigenvalue weighted by molar-refractivity contribution is -0.121. The number of amides is 4. The second-order valence-electron chi connectivity index (χ2n) is 7.99. The Morgan fingerprint density at radius 1 is 1.30 bits per heavy atom. The molecule has 9 heteroatoms. The quantitative estimate of drug-likeness (QED) is 0.710. The molecule has 3 aliphatic rings. The molecule has 3 aliphatic heterocycles. The van der Waals surface area contributed by atoms with E-state index in [0.717, 1.165) is 4.90 Å². The van der Waals surface area contributed by atoms with Crippen LogP contribution in [0.4, 0.5) is 15.3 Å². The first-order valence-corrected chi connectivity index (χ1v) is 9.83. The number of urea groups is 1. The summed E-state index contributed by atoms with van der Waals surface area (Å²) in [6, 6.07) is 6.96. The number of fused-ring (bicyclic) bond motifs is 6. The Morgan fingerprint density at radius 3 is 2.83 bits per heavy atom. The topological polar surface area (TPSA) is 107 Å². The lowest BCUT2D eigenvalue weighted by Gasteiger charge is -2.34. The normalized spacial score (nSPS) is 24.7. The molecule has 4 amide bonds. The smallest absolute Gasteiger partial charge is 0.410 e. The van der Waals surface area contributed by atoms with Crippen LogP contribution in [0.15, 0.2) is 30.5 Å². The van der Waals surface area contributed by atoms with Gasteiger partial charge in [0.2, 0.25) is 0 Å². The third kappa shape index (κ3) is 2.40. The van der Waals surface area contributed by atoms with Crippen molar-refractivity contribution in [1.29, 1.82) is 5.26 Å². The molecule has 3 fully saturated rings. The average Bonchev–Trinajstić information content (AvgIpc) is 3.38. The third-order valence-electron chi connectivity index (χ3n) is 5.94. The minimum Gasteiger partial charge on any atom is -0.447 e. The van der Waals surface area contributed by atoms with Gasteiger partial charge in [0, 0.05) is 18.1 Å². The lowest BCUT2D eigenvalue weighted by atomic mass is 10.1. The Bertz CT molecular complexity index is 1140. The number of imide groups is 1. The Balaban J connectivity index is 1.53. The van der Waals surface area contributed by atoms with Crippen LogP contribution in [0.5, 0.6) is 0 Å². The van der Waals surface area contributed by atoms with Crippen molar-refractivity contribution in [2.24, 2.45) is 0 Å². The summed E-state index contributed by atoms with van der Waals surface area (Å²) < 4.78 is 5.31. The molecule has 0 aliphatic carbocycles. The van der Waals surface area contributed by atoms with Gasteiger partial charge >= 0.3 is 12.1 Å². The first-order valence-electron chi connectivity index (χ1n) is 9.83. The van der Waals surface area contributed by atoms with Gasteiger partial charge in [0.1, 0.15) is 12.1 Å². The van der Waals surface area contributed by atoms with E-state index >= 15 is 0 Å². The molecule has 0 N–H and O–H groups in total. The van der Waals surface area contributed by atoms with E-state index in [9.17, 15) is 19.6 Å². The van der Waals surface area contributed by atoms with Crippen molar-refractivity contribution in [3.05, 3.63) is 36.0 Å². The Hall–Kier alpha value is -3.67. The molecule has 0 radical (unpaired) electrons. The van der Waals surface area contributed by atoms with Gasteiger partial charge in [-0.25, -0.2) is 14.5 Å². The number of ether oxygens (including phenoxy) is 1. The summed E-state index contributed by atoms with van der Waals surface area (Å²) in [7, 11) is 0. The number of hydrogen-bond donors (Lipinski definition) is 0. The van der Waals surface area contributed by atoms with Crippen LogP contribution < -0.4 is 4.90 Å². The minimum atomic E-state index is -0.724. The molecule has 0 spiro atoms. The summed E-state index contributed by atoms with van der Waals surface area (Å²) in [6.07, 6.45) is 1.42. The summed E-state index contributed by atoms with van der Waals surface area (Å²) in [5.41, 5.74) is 1.21. The molecule has 4 heterocycles. The van der Waals surface area contributed by atoms with Gasteiger partial charge in [0.15, 0.2) is 0 Å². The molecule has 152 valence electrons. The van der Waals surface area contributed by atoms with Crippen LogP contribution in [0.1, 0.15) is 25.8 Å². The van der Waals surface area contributed by atoms with Gasteiger partial charge in [-0.15, -0.1) is 0 Å². The van der Waals surface area contributed by atoms with Crippen molar-refractivity contribution in [1.82, 2.24) is 14.8 Å². The Kier molecular flexibility index (Phi) is 3.93. The Morgan fingerprint density at radius 2 is 2.10 bits per heavy atom.